The van der Waals surface area contributed by atoms with Gasteiger partial charge in [-0.2, -0.15) is 5.10 Å². The Bertz CT molecular complexity index is 1210. The van der Waals surface area contributed by atoms with E-state index >= 15 is 0 Å². The topological polar surface area (TPSA) is 78.4 Å². The molecular formula is C22H15BrFN3O3S. The van der Waals surface area contributed by atoms with Crippen molar-refractivity contribution >= 4 is 51.1 Å². The number of phenolic OH excluding ortho intramolecular Hbond substituents is 1. The predicted molar refractivity (Wildman–Crippen MR) is 122 cm³/mol. The third kappa shape index (κ3) is 4.95. The zero-order valence-corrected chi connectivity index (χ0v) is 18.3. The highest BCUT2D eigenvalue weighted by Gasteiger charge is 2.34. The second-order valence-corrected chi connectivity index (χ2v) is 8.36. The normalized spacial score (nSPS) is 16.8. The number of phenols is 1. The summed E-state index contributed by atoms with van der Waals surface area (Å²) in [7, 11) is 0. The molecule has 0 atom stereocenters. The van der Waals surface area contributed by atoms with Crippen LogP contribution in [-0.4, -0.2) is 27.3 Å². The van der Waals surface area contributed by atoms with Crippen LogP contribution in [0.4, 0.5) is 4.39 Å². The van der Waals surface area contributed by atoms with Crippen LogP contribution in [0.25, 0.3) is 6.08 Å². The number of halogens is 2. The van der Waals surface area contributed by atoms with Crippen molar-refractivity contribution in [2.75, 3.05) is 0 Å². The Morgan fingerprint density at radius 3 is 2.77 bits per heavy atom. The quantitative estimate of drug-likeness (QED) is 0.289. The second-order valence-electron chi connectivity index (χ2n) is 6.43. The van der Waals surface area contributed by atoms with Crippen LogP contribution >= 0.6 is 27.7 Å². The molecule has 3 aromatic rings. The lowest BCUT2D eigenvalue weighted by atomic mass is 10.2. The van der Waals surface area contributed by atoms with Crippen LogP contribution in [0.5, 0.6) is 5.75 Å². The maximum Gasteiger partial charge on any atom is 0.267 e. The number of benzene rings is 2. The molecule has 0 unspecified atom stereocenters. The number of rotatable bonds is 5. The fourth-order valence-electron chi connectivity index (χ4n) is 2.78. The smallest absolute Gasteiger partial charge is 0.267 e. The van der Waals surface area contributed by atoms with Gasteiger partial charge in [0, 0.05) is 15.6 Å². The molecule has 1 saturated heterocycles. The average molecular weight is 500 g/mol. The van der Waals surface area contributed by atoms with Crippen molar-refractivity contribution < 1.29 is 18.7 Å². The molecule has 0 aliphatic carbocycles. The highest BCUT2D eigenvalue weighted by atomic mass is 79.9. The van der Waals surface area contributed by atoms with Gasteiger partial charge < -0.3 is 9.52 Å². The van der Waals surface area contributed by atoms with Crippen LogP contribution in [0.1, 0.15) is 16.9 Å². The van der Waals surface area contributed by atoms with E-state index in [2.05, 4.69) is 26.1 Å². The number of furan rings is 1. The van der Waals surface area contributed by atoms with E-state index < -0.39 is 5.82 Å². The van der Waals surface area contributed by atoms with Crippen LogP contribution < -0.4 is 0 Å². The first-order valence-corrected chi connectivity index (χ1v) is 10.7. The van der Waals surface area contributed by atoms with E-state index in [-0.39, 0.29) is 18.2 Å². The van der Waals surface area contributed by atoms with E-state index in [0.29, 0.717) is 27.0 Å². The van der Waals surface area contributed by atoms with Gasteiger partial charge in [0.1, 0.15) is 17.3 Å². The van der Waals surface area contributed by atoms with Crippen molar-refractivity contribution in [2.45, 2.75) is 6.54 Å². The SMILES string of the molecule is O=C1/C(=C/c2ccccc2F)S/C(=N/N=C\c2cc(Br)ccc2O)N1Cc1ccco1. The maximum atomic E-state index is 14.1. The lowest BCUT2D eigenvalue weighted by molar-refractivity contribution is -0.122. The van der Waals surface area contributed by atoms with Crippen molar-refractivity contribution in [3.63, 3.8) is 0 Å². The Labute approximate surface area is 189 Å². The molecule has 9 heteroatoms. The Morgan fingerprint density at radius 1 is 1.16 bits per heavy atom. The van der Waals surface area contributed by atoms with Gasteiger partial charge in [0.15, 0.2) is 5.17 Å². The number of aromatic hydroxyl groups is 1. The summed E-state index contributed by atoms with van der Waals surface area (Å²) in [6.07, 6.45) is 4.40. The molecule has 1 aliphatic heterocycles. The second kappa shape index (κ2) is 9.32. The molecule has 1 aliphatic rings. The lowest BCUT2D eigenvalue weighted by Gasteiger charge is -2.12. The van der Waals surface area contributed by atoms with E-state index in [1.165, 1.54) is 35.6 Å². The lowest BCUT2D eigenvalue weighted by Crippen LogP contribution is -2.28. The van der Waals surface area contributed by atoms with Gasteiger partial charge in [-0.3, -0.25) is 9.69 Å². The number of hydrogen-bond acceptors (Lipinski definition) is 6. The standard InChI is InChI=1S/C22H15BrFN3O3S/c23-16-7-8-19(28)15(10-16)12-25-26-22-27(13-17-5-3-9-30-17)21(29)20(31-22)11-14-4-1-2-6-18(14)24/h1-12,28H,13H2/b20-11-,25-12-,26-22+. The van der Waals surface area contributed by atoms with Crippen molar-refractivity contribution in [3.05, 3.63) is 92.9 Å². The zero-order valence-electron chi connectivity index (χ0n) is 15.9. The van der Waals surface area contributed by atoms with E-state index in [0.717, 1.165) is 16.2 Å². The van der Waals surface area contributed by atoms with Crippen LogP contribution in [-0.2, 0) is 11.3 Å². The molecule has 1 amide bonds. The summed E-state index contributed by atoms with van der Waals surface area (Å²) in [5, 5.41) is 18.5. The van der Waals surface area contributed by atoms with Gasteiger partial charge in [-0.25, -0.2) is 4.39 Å². The Kier molecular flexibility index (Phi) is 6.34. The largest absolute Gasteiger partial charge is 0.507 e. The first kappa shape index (κ1) is 21.1. The van der Waals surface area contributed by atoms with Crippen molar-refractivity contribution in [1.82, 2.24) is 4.90 Å². The number of amidine groups is 1. The Morgan fingerprint density at radius 2 is 2.00 bits per heavy atom. The fraction of sp³-hybridized carbons (Fsp3) is 0.0455. The van der Waals surface area contributed by atoms with Crippen LogP contribution in [0.15, 0.2) is 84.9 Å². The van der Waals surface area contributed by atoms with Crippen LogP contribution in [0, 0.1) is 5.82 Å². The van der Waals surface area contributed by atoms with Gasteiger partial charge in [0.25, 0.3) is 5.91 Å². The molecule has 1 aromatic heterocycles. The van der Waals surface area contributed by atoms with Crippen molar-refractivity contribution in [3.8, 4) is 5.75 Å². The zero-order chi connectivity index (χ0) is 21.8. The van der Waals surface area contributed by atoms with Crippen molar-refractivity contribution in [1.29, 1.82) is 0 Å². The highest BCUT2D eigenvalue weighted by Crippen LogP contribution is 2.34. The number of hydrogen-bond donors (Lipinski definition) is 1. The summed E-state index contributed by atoms with van der Waals surface area (Å²) in [6, 6.07) is 14.6. The molecule has 0 saturated carbocycles. The number of carbonyl (C=O) groups excluding carboxylic acids is 1. The molecule has 31 heavy (non-hydrogen) atoms. The summed E-state index contributed by atoms with van der Waals surface area (Å²) in [5.74, 6) is -0.129. The molecule has 2 aromatic carbocycles. The summed E-state index contributed by atoms with van der Waals surface area (Å²) >= 11 is 4.42. The highest BCUT2D eigenvalue weighted by molar-refractivity contribution is 9.10. The summed E-state index contributed by atoms with van der Waals surface area (Å²) in [5.41, 5.74) is 0.771. The third-order valence-electron chi connectivity index (χ3n) is 4.30. The van der Waals surface area contributed by atoms with E-state index in [9.17, 15) is 14.3 Å². The van der Waals surface area contributed by atoms with Gasteiger partial charge in [0.2, 0.25) is 0 Å². The van der Waals surface area contributed by atoms with E-state index in [1.807, 2.05) is 0 Å². The molecule has 1 fully saturated rings. The van der Waals surface area contributed by atoms with Gasteiger partial charge >= 0.3 is 0 Å². The molecule has 0 spiro atoms. The minimum atomic E-state index is -0.422. The average Bonchev–Trinajstić information content (AvgIpc) is 3.36. The maximum absolute atomic E-state index is 14.1. The molecule has 6 nitrogen and oxygen atoms in total. The molecular weight excluding hydrogens is 485 g/mol. The summed E-state index contributed by atoms with van der Waals surface area (Å²) in [6.45, 7) is 0.157. The molecule has 156 valence electrons. The fourth-order valence-corrected chi connectivity index (χ4v) is 4.09. The Hall–Kier alpha value is -3.17. The Balaban J connectivity index is 1.65. The van der Waals surface area contributed by atoms with Gasteiger partial charge in [0.05, 0.1) is 23.9 Å². The molecule has 2 heterocycles. The summed E-state index contributed by atoms with van der Waals surface area (Å²) in [4.78, 5) is 14.7. The number of carbonyl (C=O) groups is 1. The van der Waals surface area contributed by atoms with Crippen LogP contribution in [0.3, 0.4) is 0 Å². The van der Waals surface area contributed by atoms with Gasteiger partial charge in [-0.15, -0.1) is 5.10 Å². The third-order valence-corrected chi connectivity index (χ3v) is 5.79. The van der Waals surface area contributed by atoms with Crippen molar-refractivity contribution in [2.24, 2.45) is 10.2 Å². The minimum Gasteiger partial charge on any atom is -0.507 e. The van der Waals surface area contributed by atoms with E-state index in [4.69, 9.17) is 4.42 Å². The van der Waals surface area contributed by atoms with E-state index in [1.54, 1.807) is 42.5 Å². The molecule has 4 rings (SSSR count). The first-order valence-electron chi connectivity index (χ1n) is 9.09. The molecule has 1 N–H and O–H groups in total. The number of thioether (sulfide) groups is 1. The molecule has 0 bridgehead atoms. The van der Waals surface area contributed by atoms with Gasteiger partial charge in [-0.1, -0.05) is 34.1 Å². The van der Waals surface area contributed by atoms with Crippen LogP contribution in [0.2, 0.25) is 0 Å². The minimum absolute atomic E-state index is 0.0508. The van der Waals surface area contributed by atoms with Gasteiger partial charge in [-0.05, 0) is 54.2 Å². The number of nitrogens with zero attached hydrogens (tertiary/aromatic N) is 3. The summed E-state index contributed by atoms with van der Waals surface area (Å²) < 4.78 is 20.2. The number of amides is 1. The predicted octanol–water partition coefficient (Wildman–Crippen LogP) is 5.39. The monoisotopic (exact) mass is 499 g/mol. The molecule has 0 radical (unpaired) electrons. The first-order chi connectivity index (χ1) is 15.0.